The van der Waals surface area contributed by atoms with E-state index in [0.717, 1.165) is 11.5 Å². The molecule has 0 atom stereocenters. The Morgan fingerprint density at radius 1 is 1.41 bits per heavy atom. The van der Waals surface area contributed by atoms with Gasteiger partial charge in [-0.25, -0.2) is 13.4 Å². The molecule has 2 aromatic rings. The van der Waals surface area contributed by atoms with Gasteiger partial charge in [-0.2, -0.15) is 0 Å². The molecule has 0 aliphatic heterocycles. The molecule has 17 heavy (non-hydrogen) atoms. The van der Waals surface area contributed by atoms with E-state index in [0.29, 0.717) is 0 Å². The molecule has 2 heterocycles. The molecule has 0 unspecified atom stereocenters. The highest BCUT2D eigenvalue weighted by molar-refractivity contribution is 7.93. The SMILES string of the molecule is CNc1ncccc1S(=O)(=O)Nc1nnns1. The number of pyridine rings is 1. The number of aromatic nitrogens is 4. The predicted molar refractivity (Wildman–Crippen MR) is 62.3 cm³/mol. The summed E-state index contributed by atoms with van der Waals surface area (Å²) in [4.78, 5) is 3.95. The van der Waals surface area contributed by atoms with E-state index in [1.54, 1.807) is 7.05 Å². The van der Waals surface area contributed by atoms with Crippen molar-refractivity contribution in [1.82, 2.24) is 19.8 Å². The molecule has 0 fully saturated rings. The number of hydrogen-bond acceptors (Lipinski definition) is 8. The van der Waals surface area contributed by atoms with Crippen molar-refractivity contribution in [3.05, 3.63) is 18.3 Å². The minimum Gasteiger partial charge on any atom is -0.372 e. The van der Waals surface area contributed by atoms with E-state index < -0.39 is 10.0 Å². The molecule has 2 rings (SSSR count). The van der Waals surface area contributed by atoms with Gasteiger partial charge in [0.15, 0.2) is 0 Å². The third-order valence-corrected chi connectivity index (χ3v) is 3.83. The summed E-state index contributed by atoms with van der Waals surface area (Å²) in [5, 5.41) is 9.62. The molecule has 8 nitrogen and oxygen atoms in total. The standard InChI is InChI=1S/C7H8N6O2S2/c1-8-6-5(3-2-4-9-6)17(14,15)11-7-10-12-13-16-7/h2-4H,1H3,(H,8,9)(H,10,11,13). The van der Waals surface area contributed by atoms with Crippen LogP contribution in [-0.4, -0.2) is 35.2 Å². The lowest BCUT2D eigenvalue weighted by atomic mass is 10.5. The molecular weight excluding hydrogens is 264 g/mol. The highest BCUT2D eigenvalue weighted by Crippen LogP contribution is 2.20. The fourth-order valence-corrected chi connectivity index (χ4v) is 2.89. The number of hydrogen-bond donors (Lipinski definition) is 2. The van der Waals surface area contributed by atoms with Crippen LogP contribution in [0.5, 0.6) is 0 Å². The van der Waals surface area contributed by atoms with Gasteiger partial charge < -0.3 is 5.32 Å². The van der Waals surface area contributed by atoms with Crippen molar-refractivity contribution in [2.75, 3.05) is 17.1 Å². The predicted octanol–water partition coefficient (Wildman–Crippen LogP) is 0.171. The average molecular weight is 272 g/mol. The molecule has 0 spiro atoms. The second-order valence-corrected chi connectivity index (χ2v) is 5.26. The van der Waals surface area contributed by atoms with Crippen molar-refractivity contribution in [3.8, 4) is 0 Å². The van der Waals surface area contributed by atoms with Crippen molar-refractivity contribution >= 4 is 32.5 Å². The first kappa shape index (κ1) is 11.7. The first-order valence-electron chi connectivity index (χ1n) is 4.44. The summed E-state index contributed by atoms with van der Waals surface area (Å²) in [6, 6.07) is 2.98. The van der Waals surface area contributed by atoms with E-state index in [2.05, 4.69) is 29.8 Å². The molecule has 0 aromatic carbocycles. The number of nitrogens with zero attached hydrogens (tertiary/aromatic N) is 4. The van der Waals surface area contributed by atoms with E-state index >= 15 is 0 Å². The number of nitrogens with one attached hydrogen (secondary N) is 2. The fraction of sp³-hybridized carbons (Fsp3) is 0.143. The summed E-state index contributed by atoms with van der Waals surface area (Å²) in [5.74, 6) is 0.262. The molecular formula is C7H8N6O2S2. The summed E-state index contributed by atoms with van der Waals surface area (Å²) < 4.78 is 29.7. The van der Waals surface area contributed by atoms with Gasteiger partial charge >= 0.3 is 0 Å². The monoisotopic (exact) mass is 272 g/mol. The van der Waals surface area contributed by atoms with Crippen molar-refractivity contribution in [2.45, 2.75) is 4.90 Å². The Kier molecular flexibility index (Phi) is 3.15. The lowest BCUT2D eigenvalue weighted by Crippen LogP contribution is -2.15. The minimum absolute atomic E-state index is 0.0395. The van der Waals surface area contributed by atoms with Gasteiger partial charge in [0.25, 0.3) is 10.0 Å². The van der Waals surface area contributed by atoms with Crippen LogP contribution in [0.2, 0.25) is 0 Å². The van der Waals surface area contributed by atoms with E-state index in [4.69, 9.17) is 0 Å². The number of sulfonamides is 1. The van der Waals surface area contributed by atoms with Crippen LogP contribution in [0.1, 0.15) is 0 Å². The molecule has 2 aromatic heterocycles. The van der Waals surface area contributed by atoms with Crippen LogP contribution in [0.25, 0.3) is 0 Å². The van der Waals surface area contributed by atoms with Crippen LogP contribution >= 0.6 is 11.5 Å². The summed E-state index contributed by atoms with van der Waals surface area (Å²) >= 11 is 0.855. The molecule has 0 saturated carbocycles. The Morgan fingerprint density at radius 3 is 2.88 bits per heavy atom. The number of rotatable bonds is 4. The average Bonchev–Trinajstić information content (AvgIpc) is 2.81. The van der Waals surface area contributed by atoms with Crippen molar-refractivity contribution in [1.29, 1.82) is 0 Å². The van der Waals surface area contributed by atoms with Gasteiger partial charge in [-0.05, 0) is 17.3 Å². The molecule has 0 bridgehead atoms. The molecule has 0 amide bonds. The zero-order chi connectivity index (χ0) is 12.3. The van der Waals surface area contributed by atoms with Gasteiger partial charge in [0.2, 0.25) is 5.13 Å². The lowest BCUT2D eigenvalue weighted by Gasteiger charge is -2.08. The zero-order valence-electron chi connectivity index (χ0n) is 8.65. The van der Waals surface area contributed by atoms with E-state index in [1.165, 1.54) is 18.3 Å². The zero-order valence-corrected chi connectivity index (χ0v) is 10.3. The van der Waals surface area contributed by atoms with E-state index in [9.17, 15) is 8.42 Å². The van der Waals surface area contributed by atoms with Gasteiger partial charge in [0.05, 0.1) is 0 Å². The highest BCUT2D eigenvalue weighted by atomic mass is 32.2. The lowest BCUT2D eigenvalue weighted by molar-refractivity contribution is 0.601. The topological polar surface area (TPSA) is 110 Å². The first-order valence-corrected chi connectivity index (χ1v) is 6.70. The Balaban J connectivity index is 2.38. The van der Waals surface area contributed by atoms with Gasteiger partial charge in [0.1, 0.15) is 10.7 Å². The van der Waals surface area contributed by atoms with Crippen LogP contribution < -0.4 is 10.0 Å². The normalized spacial score (nSPS) is 11.1. The smallest absolute Gasteiger partial charge is 0.267 e. The van der Waals surface area contributed by atoms with Gasteiger partial charge in [0, 0.05) is 24.8 Å². The van der Waals surface area contributed by atoms with Gasteiger partial charge in [-0.1, -0.05) is 9.59 Å². The van der Waals surface area contributed by atoms with Crippen LogP contribution in [0.15, 0.2) is 23.2 Å². The summed E-state index contributed by atoms with van der Waals surface area (Å²) in [7, 11) is -2.14. The maximum absolute atomic E-state index is 12.0. The van der Waals surface area contributed by atoms with Gasteiger partial charge in [-0.15, -0.1) is 0 Å². The van der Waals surface area contributed by atoms with Crippen LogP contribution in [-0.2, 0) is 10.0 Å². The highest BCUT2D eigenvalue weighted by Gasteiger charge is 2.20. The third-order valence-electron chi connectivity index (χ3n) is 1.82. The molecule has 10 heteroatoms. The van der Waals surface area contributed by atoms with E-state index in [-0.39, 0.29) is 15.8 Å². The molecule has 0 aliphatic carbocycles. The van der Waals surface area contributed by atoms with Crippen molar-refractivity contribution < 1.29 is 8.42 Å². The molecule has 2 N–H and O–H groups in total. The number of anilines is 2. The summed E-state index contributed by atoms with van der Waals surface area (Å²) in [6.07, 6.45) is 1.50. The van der Waals surface area contributed by atoms with Gasteiger partial charge in [-0.3, -0.25) is 4.72 Å². The van der Waals surface area contributed by atoms with Crippen LogP contribution in [0.3, 0.4) is 0 Å². The largest absolute Gasteiger partial charge is 0.372 e. The van der Waals surface area contributed by atoms with Crippen molar-refractivity contribution in [2.24, 2.45) is 0 Å². The first-order chi connectivity index (χ1) is 8.13. The van der Waals surface area contributed by atoms with Crippen LogP contribution in [0.4, 0.5) is 10.9 Å². The third kappa shape index (κ3) is 2.47. The molecule has 90 valence electrons. The molecule has 0 aliphatic rings. The minimum atomic E-state index is -3.73. The fourth-order valence-electron chi connectivity index (χ4n) is 1.14. The Labute approximate surface area is 101 Å². The second-order valence-electron chi connectivity index (χ2n) is 2.87. The van der Waals surface area contributed by atoms with E-state index in [1.807, 2.05) is 0 Å². The van der Waals surface area contributed by atoms with Crippen molar-refractivity contribution in [3.63, 3.8) is 0 Å². The Hall–Kier alpha value is -1.81. The summed E-state index contributed by atoms with van der Waals surface area (Å²) in [5.41, 5.74) is 0. The molecule has 0 saturated heterocycles. The Bertz CT molecular complexity index is 597. The molecule has 0 radical (unpaired) electrons. The Morgan fingerprint density at radius 2 is 2.24 bits per heavy atom. The second kappa shape index (κ2) is 4.59. The summed E-state index contributed by atoms with van der Waals surface area (Å²) in [6.45, 7) is 0. The van der Waals surface area contributed by atoms with Crippen LogP contribution in [0, 0.1) is 0 Å². The maximum Gasteiger partial charge on any atom is 0.267 e. The maximum atomic E-state index is 12.0. The quantitative estimate of drug-likeness (QED) is 0.816.